The van der Waals surface area contributed by atoms with Gasteiger partial charge in [0, 0.05) is 30.9 Å². The van der Waals surface area contributed by atoms with Gasteiger partial charge in [0.05, 0.1) is 0 Å². The molecule has 4 nitrogen and oxygen atoms in total. The van der Waals surface area contributed by atoms with Gasteiger partial charge in [-0.25, -0.2) is 0 Å². The monoisotopic (exact) mass is 366 g/mol. The molecule has 4 heteroatoms. The van der Waals surface area contributed by atoms with E-state index in [4.69, 9.17) is 4.74 Å². The molecule has 3 rings (SSSR count). The van der Waals surface area contributed by atoms with Crippen LogP contribution in [-0.2, 0) is 17.9 Å². The molecule has 1 heterocycles. The van der Waals surface area contributed by atoms with Gasteiger partial charge in [-0.1, -0.05) is 50.3 Å². The van der Waals surface area contributed by atoms with Crippen LogP contribution in [0.15, 0.2) is 48.8 Å². The Bertz CT molecular complexity index is 679. The summed E-state index contributed by atoms with van der Waals surface area (Å²) < 4.78 is 5.76. The molecule has 0 bridgehead atoms. The van der Waals surface area contributed by atoms with Gasteiger partial charge in [-0.15, -0.1) is 0 Å². The second-order valence-electron chi connectivity index (χ2n) is 7.47. The summed E-state index contributed by atoms with van der Waals surface area (Å²) in [6, 6.07) is 11.8. The second-order valence-corrected chi connectivity index (χ2v) is 7.47. The van der Waals surface area contributed by atoms with E-state index in [9.17, 15) is 4.79 Å². The van der Waals surface area contributed by atoms with Crippen LogP contribution in [0.4, 0.5) is 0 Å². The number of benzene rings is 1. The van der Waals surface area contributed by atoms with Gasteiger partial charge in [-0.2, -0.15) is 0 Å². The van der Waals surface area contributed by atoms with Gasteiger partial charge in [0.15, 0.2) is 0 Å². The van der Waals surface area contributed by atoms with Crippen LogP contribution in [-0.4, -0.2) is 10.9 Å². The van der Waals surface area contributed by atoms with Gasteiger partial charge in [0.2, 0.25) is 5.91 Å². The molecular weight excluding hydrogens is 336 g/mol. The Morgan fingerprint density at radius 1 is 1.07 bits per heavy atom. The van der Waals surface area contributed by atoms with Crippen molar-refractivity contribution in [1.29, 1.82) is 0 Å². The highest BCUT2D eigenvalue weighted by molar-refractivity contribution is 5.75. The van der Waals surface area contributed by atoms with E-state index in [-0.39, 0.29) is 5.91 Å². The predicted molar refractivity (Wildman–Crippen MR) is 107 cm³/mol. The van der Waals surface area contributed by atoms with E-state index in [2.05, 4.69) is 10.3 Å². The Morgan fingerprint density at radius 2 is 1.89 bits per heavy atom. The van der Waals surface area contributed by atoms with Crippen molar-refractivity contribution in [3.63, 3.8) is 0 Å². The maximum Gasteiger partial charge on any atom is 0.220 e. The van der Waals surface area contributed by atoms with Crippen LogP contribution >= 0.6 is 0 Å². The fourth-order valence-corrected chi connectivity index (χ4v) is 3.67. The van der Waals surface area contributed by atoms with Crippen molar-refractivity contribution in [3.05, 3.63) is 59.9 Å². The Hall–Kier alpha value is -2.36. The van der Waals surface area contributed by atoms with Crippen LogP contribution in [0.3, 0.4) is 0 Å². The lowest BCUT2D eigenvalue weighted by molar-refractivity contribution is -0.121. The molecule has 0 aliphatic heterocycles. The van der Waals surface area contributed by atoms with Crippen LogP contribution in [0.5, 0.6) is 5.75 Å². The lowest BCUT2D eigenvalue weighted by Gasteiger charge is -2.21. The van der Waals surface area contributed by atoms with E-state index in [1.165, 1.54) is 38.5 Å². The quantitative estimate of drug-likeness (QED) is 0.677. The maximum atomic E-state index is 12.0. The van der Waals surface area contributed by atoms with Crippen molar-refractivity contribution in [1.82, 2.24) is 10.3 Å². The van der Waals surface area contributed by atoms with E-state index in [1.54, 1.807) is 12.4 Å². The number of pyridine rings is 1. The Balaban J connectivity index is 1.32. The maximum absolute atomic E-state index is 12.0. The minimum absolute atomic E-state index is 0.155. The first-order valence-electron chi connectivity index (χ1n) is 10.2. The van der Waals surface area contributed by atoms with Crippen LogP contribution in [0.2, 0.25) is 0 Å². The molecule has 0 saturated heterocycles. The summed E-state index contributed by atoms with van der Waals surface area (Å²) in [5.41, 5.74) is 2.13. The fraction of sp³-hybridized carbons (Fsp3) is 0.478. The van der Waals surface area contributed by atoms with Gasteiger partial charge >= 0.3 is 0 Å². The van der Waals surface area contributed by atoms with Crippen LogP contribution in [0.25, 0.3) is 0 Å². The summed E-state index contributed by atoms with van der Waals surface area (Å²) in [7, 11) is 0. The highest BCUT2D eigenvalue weighted by atomic mass is 16.5. The standard InChI is InChI=1S/C23H30N2O2/c26-23(10-4-8-19-6-2-1-3-7-19)25-17-20-11-13-22(14-12-20)27-18-21-9-5-15-24-16-21/h5,9,11-16,19H,1-4,6-8,10,17-18H2,(H,25,26). The van der Waals surface area contributed by atoms with E-state index < -0.39 is 0 Å². The highest BCUT2D eigenvalue weighted by Gasteiger charge is 2.13. The zero-order chi connectivity index (χ0) is 18.7. The topological polar surface area (TPSA) is 51.2 Å². The first-order chi connectivity index (χ1) is 13.3. The van der Waals surface area contributed by atoms with E-state index in [0.29, 0.717) is 19.6 Å². The molecule has 1 fully saturated rings. The number of hydrogen-bond acceptors (Lipinski definition) is 3. The minimum atomic E-state index is 0.155. The summed E-state index contributed by atoms with van der Waals surface area (Å²) in [5, 5.41) is 3.03. The van der Waals surface area contributed by atoms with Crippen molar-refractivity contribution in [3.8, 4) is 5.75 Å². The number of carbonyl (C=O) groups is 1. The molecule has 2 aromatic rings. The zero-order valence-electron chi connectivity index (χ0n) is 16.0. The van der Waals surface area contributed by atoms with Crippen LogP contribution in [0, 0.1) is 5.92 Å². The summed E-state index contributed by atoms with van der Waals surface area (Å²) in [6.07, 6.45) is 13.3. The Morgan fingerprint density at radius 3 is 2.63 bits per heavy atom. The van der Waals surface area contributed by atoms with Gasteiger partial charge < -0.3 is 10.1 Å². The van der Waals surface area contributed by atoms with Crippen molar-refractivity contribution >= 4 is 5.91 Å². The summed E-state index contributed by atoms with van der Waals surface area (Å²) in [6.45, 7) is 1.08. The Labute approximate surface area is 162 Å². The number of ether oxygens (including phenoxy) is 1. The van der Waals surface area contributed by atoms with Crippen molar-refractivity contribution in [2.45, 2.75) is 64.5 Å². The van der Waals surface area contributed by atoms with Crippen LogP contribution < -0.4 is 10.1 Å². The first-order valence-corrected chi connectivity index (χ1v) is 10.2. The molecule has 0 radical (unpaired) electrons. The molecule has 1 aromatic carbocycles. The van der Waals surface area contributed by atoms with Crippen molar-refractivity contribution in [2.75, 3.05) is 0 Å². The average Bonchev–Trinajstić information content (AvgIpc) is 2.73. The SMILES string of the molecule is O=C(CCCC1CCCCC1)NCc1ccc(OCc2cccnc2)cc1. The van der Waals surface area contributed by atoms with Gasteiger partial charge in [-0.3, -0.25) is 9.78 Å². The number of hydrogen-bond donors (Lipinski definition) is 1. The van der Waals surface area contributed by atoms with E-state index >= 15 is 0 Å². The normalized spacial score (nSPS) is 14.7. The van der Waals surface area contributed by atoms with Gasteiger partial charge in [0.25, 0.3) is 0 Å². The zero-order valence-corrected chi connectivity index (χ0v) is 16.0. The molecule has 1 aliphatic rings. The van der Waals surface area contributed by atoms with Gasteiger partial charge in [0.1, 0.15) is 12.4 Å². The van der Waals surface area contributed by atoms with Crippen LogP contribution in [0.1, 0.15) is 62.5 Å². The number of nitrogens with zero attached hydrogens (tertiary/aromatic N) is 1. The molecular formula is C23H30N2O2. The predicted octanol–water partition coefficient (Wildman–Crippen LogP) is 5.03. The van der Waals surface area contributed by atoms with Crippen molar-refractivity contribution < 1.29 is 9.53 Å². The molecule has 0 unspecified atom stereocenters. The number of carbonyl (C=O) groups excluding carboxylic acids is 1. The molecule has 144 valence electrons. The molecule has 27 heavy (non-hydrogen) atoms. The fourth-order valence-electron chi connectivity index (χ4n) is 3.67. The molecule has 1 amide bonds. The van der Waals surface area contributed by atoms with E-state index in [0.717, 1.165) is 29.2 Å². The highest BCUT2D eigenvalue weighted by Crippen LogP contribution is 2.27. The largest absolute Gasteiger partial charge is 0.489 e. The first kappa shape index (κ1) is 19.4. The molecule has 1 saturated carbocycles. The molecule has 1 aliphatic carbocycles. The van der Waals surface area contributed by atoms with Gasteiger partial charge in [-0.05, 0) is 42.5 Å². The average molecular weight is 367 g/mol. The van der Waals surface area contributed by atoms with Crippen molar-refractivity contribution in [2.24, 2.45) is 5.92 Å². The number of rotatable bonds is 9. The third kappa shape index (κ3) is 7.05. The third-order valence-electron chi connectivity index (χ3n) is 5.28. The number of aromatic nitrogens is 1. The molecule has 1 N–H and O–H groups in total. The second kappa shape index (κ2) is 10.7. The molecule has 0 atom stereocenters. The Kier molecular flexibility index (Phi) is 7.69. The van der Waals surface area contributed by atoms with E-state index in [1.807, 2.05) is 36.4 Å². The number of nitrogens with one attached hydrogen (secondary N) is 1. The smallest absolute Gasteiger partial charge is 0.220 e. The summed E-state index contributed by atoms with van der Waals surface area (Å²) >= 11 is 0. The molecule has 0 spiro atoms. The lowest BCUT2D eigenvalue weighted by Crippen LogP contribution is -2.22. The summed E-state index contributed by atoms with van der Waals surface area (Å²) in [5.74, 6) is 1.83. The molecule has 1 aromatic heterocycles. The summed E-state index contributed by atoms with van der Waals surface area (Å²) in [4.78, 5) is 16.1. The third-order valence-corrected chi connectivity index (χ3v) is 5.28. The minimum Gasteiger partial charge on any atom is -0.489 e. The lowest BCUT2D eigenvalue weighted by atomic mass is 9.86. The number of amides is 1.